The molecule has 0 unspecified atom stereocenters. The van der Waals surface area contributed by atoms with Gasteiger partial charge < -0.3 is 5.11 Å². The predicted octanol–water partition coefficient (Wildman–Crippen LogP) is 1.90. The van der Waals surface area contributed by atoms with Crippen LogP contribution in [-0.2, 0) is 0 Å². The molecule has 2 aromatic carbocycles. The van der Waals surface area contributed by atoms with Gasteiger partial charge in [-0.25, -0.2) is 0 Å². The molecule has 0 aliphatic heterocycles. The van der Waals surface area contributed by atoms with E-state index in [0.29, 0.717) is 5.75 Å². The van der Waals surface area contributed by atoms with Crippen molar-refractivity contribution < 1.29 is 5.11 Å². The van der Waals surface area contributed by atoms with Crippen LogP contribution in [0.1, 0.15) is 0 Å². The summed E-state index contributed by atoms with van der Waals surface area (Å²) in [4.78, 5) is 0. The maximum absolute atomic E-state index is 9.37. The van der Waals surface area contributed by atoms with Crippen LogP contribution in [0.3, 0.4) is 0 Å². The molecule has 56 valence electrons. The summed E-state index contributed by atoms with van der Waals surface area (Å²) in [7, 11) is 0. The van der Waals surface area contributed by atoms with Gasteiger partial charge in [0.1, 0.15) is 5.75 Å². The van der Waals surface area contributed by atoms with Gasteiger partial charge in [-0.1, -0.05) is 36.4 Å². The Labute approximate surface area is 93.3 Å². The van der Waals surface area contributed by atoms with E-state index in [0.717, 1.165) is 10.8 Å². The fraction of sp³-hybridized carbons (Fsp3) is 0. The van der Waals surface area contributed by atoms with Gasteiger partial charge in [-0.3, -0.25) is 0 Å². The van der Waals surface area contributed by atoms with Gasteiger partial charge in [-0.15, -0.1) is 0 Å². The van der Waals surface area contributed by atoms with Crippen LogP contribution in [0.2, 0.25) is 0 Å². The molecule has 0 aliphatic rings. The van der Waals surface area contributed by atoms with E-state index >= 15 is 0 Å². The summed E-state index contributed by atoms with van der Waals surface area (Å²) in [5.74, 6) is 0.350. The first kappa shape index (κ1) is 9.59. The monoisotopic (exact) mass is 168 g/mol. The number of phenolic OH excluding ortho intramolecular Hbond substituents is 1. The molecule has 2 heteroatoms. The van der Waals surface area contributed by atoms with Gasteiger partial charge in [-0.2, -0.15) is 0 Å². The Morgan fingerprint density at radius 1 is 0.833 bits per heavy atom. The van der Waals surface area contributed by atoms with Crippen molar-refractivity contribution in [3.8, 4) is 5.75 Å². The summed E-state index contributed by atoms with van der Waals surface area (Å²) in [5, 5.41) is 11.4. The van der Waals surface area contributed by atoms with Gasteiger partial charge in [0.15, 0.2) is 0 Å². The molecule has 0 bridgehead atoms. The molecule has 0 aromatic heterocycles. The predicted molar refractivity (Wildman–Crippen MR) is 52.8 cm³/mol. The Morgan fingerprint density at radius 2 is 1.50 bits per heavy atom. The summed E-state index contributed by atoms with van der Waals surface area (Å²) >= 11 is 0. The van der Waals surface area contributed by atoms with Crippen LogP contribution in [-0.4, -0.2) is 34.7 Å². The molecule has 0 atom stereocenters. The normalized spacial score (nSPS) is 9.33. The van der Waals surface area contributed by atoms with Gasteiger partial charge in [0.25, 0.3) is 0 Å². The third-order valence-electron chi connectivity index (χ3n) is 1.77. The van der Waals surface area contributed by atoms with E-state index in [1.54, 1.807) is 6.07 Å². The zero-order valence-corrected chi connectivity index (χ0v) is 5.99. The molecule has 0 aliphatic carbocycles. The SMILES string of the molecule is Oc1cccc2ccccc12.[NaH]. The Kier molecular flexibility index (Phi) is 3.15. The molecule has 1 N–H and O–H groups in total. The van der Waals surface area contributed by atoms with Crippen LogP contribution < -0.4 is 0 Å². The van der Waals surface area contributed by atoms with Gasteiger partial charge in [0.05, 0.1) is 0 Å². The fourth-order valence-electron chi connectivity index (χ4n) is 1.21. The van der Waals surface area contributed by atoms with Crippen molar-refractivity contribution in [2.75, 3.05) is 0 Å². The average molecular weight is 168 g/mol. The summed E-state index contributed by atoms with van der Waals surface area (Å²) < 4.78 is 0. The van der Waals surface area contributed by atoms with Crippen molar-refractivity contribution >= 4 is 40.3 Å². The Hall–Kier alpha value is -0.500. The average Bonchev–Trinajstić information content (AvgIpc) is 2.06. The van der Waals surface area contributed by atoms with E-state index in [4.69, 9.17) is 0 Å². The minimum atomic E-state index is 0. The third kappa shape index (κ3) is 1.63. The molecule has 12 heavy (non-hydrogen) atoms. The second kappa shape index (κ2) is 3.94. The molecular weight excluding hydrogens is 159 g/mol. The Morgan fingerprint density at radius 3 is 2.25 bits per heavy atom. The van der Waals surface area contributed by atoms with E-state index in [2.05, 4.69) is 0 Å². The van der Waals surface area contributed by atoms with Crippen molar-refractivity contribution in [3.05, 3.63) is 42.5 Å². The molecule has 0 fully saturated rings. The van der Waals surface area contributed by atoms with Crippen molar-refractivity contribution in [1.82, 2.24) is 0 Å². The van der Waals surface area contributed by atoms with Crippen LogP contribution in [0.15, 0.2) is 42.5 Å². The molecule has 1 nitrogen and oxygen atoms in total. The van der Waals surface area contributed by atoms with Crippen LogP contribution in [0.25, 0.3) is 10.8 Å². The number of benzene rings is 2. The van der Waals surface area contributed by atoms with Crippen molar-refractivity contribution in [2.24, 2.45) is 0 Å². The standard InChI is InChI=1S/C10H8O.Na.H/c11-10-7-3-5-8-4-1-2-6-9(8)10;;/h1-7,11H;;. The second-order valence-electron chi connectivity index (χ2n) is 2.50. The van der Waals surface area contributed by atoms with Gasteiger partial charge in [0, 0.05) is 5.39 Å². The van der Waals surface area contributed by atoms with E-state index in [-0.39, 0.29) is 29.6 Å². The quantitative estimate of drug-likeness (QED) is 0.595. The third-order valence-corrected chi connectivity index (χ3v) is 1.77. The summed E-state index contributed by atoms with van der Waals surface area (Å²) in [6.45, 7) is 0. The second-order valence-corrected chi connectivity index (χ2v) is 2.50. The molecule has 0 saturated carbocycles. The molecule has 0 saturated heterocycles. The number of aromatic hydroxyl groups is 1. The Balaban J connectivity index is 0.000000720. The van der Waals surface area contributed by atoms with Crippen LogP contribution in [0.5, 0.6) is 5.75 Å². The zero-order chi connectivity index (χ0) is 7.68. The number of hydrogen-bond acceptors (Lipinski definition) is 1. The Bertz CT molecular complexity index is 379. The first-order valence-corrected chi connectivity index (χ1v) is 3.54. The molecular formula is C10H9NaO. The first-order chi connectivity index (χ1) is 5.38. The van der Waals surface area contributed by atoms with E-state index in [1.807, 2.05) is 36.4 Å². The maximum atomic E-state index is 9.37. The van der Waals surface area contributed by atoms with E-state index in [9.17, 15) is 5.11 Å². The molecule has 0 amide bonds. The fourth-order valence-corrected chi connectivity index (χ4v) is 1.21. The molecule has 2 rings (SSSR count). The van der Waals surface area contributed by atoms with Gasteiger partial charge in [0.2, 0.25) is 0 Å². The molecule has 0 heterocycles. The molecule has 2 aromatic rings. The summed E-state index contributed by atoms with van der Waals surface area (Å²) in [6, 6.07) is 13.3. The molecule has 0 spiro atoms. The first-order valence-electron chi connectivity index (χ1n) is 3.54. The number of phenols is 1. The van der Waals surface area contributed by atoms with Crippen LogP contribution >= 0.6 is 0 Å². The molecule has 0 radical (unpaired) electrons. The number of rotatable bonds is 0. The van der Waals surface area contributed by atoms with E-state index < -0.39 is 0 Å². The zero-order valence-electron chi connectivity index (χ0n) is 5.99. The van der Waals surface area contributed by atoms with Gasteiger partial charge >= 0.3 is 29.6 Å². The van der Waals surface area contributed by atoms with Crippen LogP contribution in [0.4, 0.5) is 0 Å². The summed E-state index contributed by atoms with van der Waals surface area (Å²) in [5.41, 5.74) is 0. The van der Waals surface area contributed by atoms with Crippen molar-refractivity contribution in [1.29, 1.82) is 0 Å². The van der Waals surface area contributed by atoms with Crippen molar-refractivity contribution in [2.45, 2.75) is 0 Å². The number of fused-ring (bicyclic) bond motifs is 1. The summed E-state index contributed by atoms with van der Waals surface area (Å²) in [6.07, 6.45) is 0. The van der Waals surface area contributed by atoms with E-state index in [1.165, 1.54) is 0 Å². The van der Waals surface area contributed by atoms with Crippen molar-refractivity contribution in [3.63, 3.8) is 0 Å². The number of hydrogen-bond donors (Lipinski definition) is 1. The van der Waals surface area contributed by atoms with Gasteiger partial charge in [-0.05, 0) is 11.5 Å². The topological polar surface area (TPSA) is 20.2 Å². The minimum absolute atomic E-state index is 0. The van der Waals surface area contributed by atoms with Crippen LogP contribution in [0, 0.1) is 0 Å².